The van der Waals surface area contributed by atoms with Crippen LogP contribution in [0.4, 0.5) is 0 Å². The Morgan fingerprint density at radius 2 is 1.90 bits per heavy atom. The fraction of sp³-hybridized carbons (Fsp3) is 0.571. The fourth-order valence-electron chi connectivity index (χ4n) is 1.69. The molecule has 1 aromatic rings. The minimum Gasteiger partial charge on any atom is -0.489 e. The average Bonchev–Trinajstić information content (AvgIpc) is 2.38. The van der Waals surface area contributed by atoms with E-state index in [1.807, 2.05) is 6.92 Å². The zero-order valence-electron chi connectivity index (χ0n) is 11.5. The van der Waals surface area contributed by atoms with E-state index in [0.717, 1.165) is 12.8 Å². The molecule has 0 aromatic heterocycles. The Balaban J connectivity index is 2.24. The highest BCUT2D eigenvalue weighted by Crippen LogP contribution is 2.27. The predicted octanol–water partition coefficient (Wildman–Crippen LogP) is 2.48. The number of nitrogens with one attached hydrogen (secondary N) is 1. The number of halogens is 2. The van der Waals surface area contributed by atoms with Gasteiger partial charge in [-0.2, -0.15) is 0 Å². The third-order valence-corrected chi connectivity index (χ3v) is 3.24. The second-order valence-corrected chi connectivity index (χ2v) is 5.48. The van der Waals surface area contributed by atoms with Crippen LogP contribution in [0.1, 0.15) is 19.8 Å². The van der Waals surface area contributed by atoms with Gasteiger partial charge in [-0.1, -0.05) is 36.5 Å². The van der Waals surface area contributed by atoms with E-state index in [-0.39, 0.29) is 12.7 Å². The molecule has 1 rings (SSSR count). The van der Waals surface area contributed by atoms with Crippen LogP contribution < -0.4 is 10.1 Å². The molecule has 114 valence electrons. The molecule has 0 fully saturated rings. The fourth-order valence-corrected chi connectivity index (χ4v) is 2.15. The summed E-state index contributed by atoms with van der Waals surface area (Å²) in [6, 6.07) is 4.93. The summed E-state index contributed by atoms with van der Waals surface area (Å²) >= 11 is 11.7. The summed E-state index contributed by atoms with van der Waals surface area (Å²) in [6.45, 7) is 2.96. The van der Waals surface area contributed by atoms with E-state index < -0.39 is 6.10 Å². The molecule has 0 saturated heterocycles. The highest BCUT2D eigenvalue weighted by atomic mass is 35.5. The molecule has 3 N–H and O–H groups in total. The molecule has 0 aliphatic heterocycles. The van der Waals surface area contributed by atoms with Crippen LogP contribution in [-0.4, -0.2) is 42.1 Å². The van der Waals surface area contributed by atoms with Crippen molar-refractivity contribution < 1.29 is 14.9 Å². The Morgan fingerprint density at radius 3 is 2.55 bits per heavy atom. The minimum absolute atomic E-state index is 0.123. The Kier molecular flexibility index (Phi) is 8.26. The van der Waals surface area contributed by atoms with E-state index in [4.69, 9.17) is 27.9 Å². The van der Waals surface area contributed by atoms with Gasteiger partial charge in [-0.05, 0) is 24.6 Å². The summed E-state index contributed by atoms with van der Waals surface area (Å²) in [5.41, 5.74) is 0. The van der Waals surface area contributed by atoms with Crippen molar-refractivity contribution in [1.82, 2.24) is 5.32 Å². The van der Waals surface area contributed by atoms with Crippen LogP contribution in [-0.2, 0) is 0 Å². The van der Waals surface area contributed by atoms with Gasteiger partial charge in [-0.3, -0.25) is 0 Å². The summed E-state index contributed by atoms with van der Waals surface area (Å²) in [4.78, 5) is 0. The molecule has 0 heterocycles. The van der Waals surface area contributed by atoms with Crippen molar-refractivity contribution in [2.75, 3.05) is 19.7 Å². The Labute approximate surface area is 129 Å². The molecule has 4 nitrogen and oxygen atoms in total. The van der Waals surface area contributed by atoms with Crippen LogP contribution >= 0.6 is 23.2 Å². The molecule has 2 unspecified atom stereocenters. The largest absolute Gasteiger partial charge is 0.489 e. The van der Waals surface area contributed by atoms with Gasteiger partial charge in [0.15, 0.2) is 0 Å². The third kappa shape index (κ3) is 6.77. The average molecular weight is 322 g/mol. The minimum atomic E-state index is -0.671. The number of hydrogen-bond acceptors (Lipinski definition) is 4. The lowest BCUT2D eigenvalue weighted by Gasteiger charge is -2.15. The van der Waals surface area contributed by atoms with Crippen molar-refractivity contribution in [2.45, 2.75) is 32.0 Å². The molecule has 0 saturated carbocycles. The van der Waals surface area contributed by atoms with E-state index >= 15 is 0 Å². The highest BCUT2D eigenvalue weighted by molar-refractivity contribution is 6.35. The van der Waals surface area contributed by atoms with Gasteiger partial charge in [0, 0.05) is 18.1 Å². The molecule has 0 amide bonds. The summed E-state index contributed by atoms with van der Waals surface area (Å²) in [6.07, 6.45) is 0.637. The van der Waals surface area contributed by atoms with E-state index in [0.29, 0.717) is 28.9 Å². The molecule has 20 heavy (non-hydrogen) atoms. The second-order valence-electron chi connectivity index (χ2n) is 4.64. The maximum atomic E-state index is 9.76. The predicted molar refractivity (Wildman–Crippen MR) is 81.7 cm³/mol. The van der Waals surface area contributed by atoms with Gasteiger partial charge < -0.3 is 20.3 Å². The summed E-state index contributed by atoms with van der Waals surface area (Å²) in [5.74, 6) is 0.487. The number of aliphatic hydroxyl groups is 2. The number of rotatable bonds is 9. The Morgan fingerprint density at radius 1 is 1.20 bits per heavy atom. The van der Waals surface area contributed by atoms with Crippen LogP contribution in [0.15, 0.2) is 18.2 Å². The monoisotopic (exact) mass is 321 g/mol. The van der Waals surface area contributed by atoms with Crippen LogP contribution in [0.3, 0.4) is 0 Å². The molecule has 6 heteroatoms. The number of benzene rings is 1. The first-order valence-electron chi connectivity index (χ1n) is 6.67. The van der Waals surface area contributed by atoms with Crippen molar-refractivity contribution in [3.05, 3.63) is 28.2 Å². The molecule has 0 bridgehead atoms. The summed E-state index contributed by atoms with van der Waals surface area (Å²) in [7, 11) is 0. The second kappa shape index (κ2) is 9.42. The lowest BCUT2D eigenvalue weighted by atomic mass is 10.2. The number of aliphatic hydroxyl groups excluding tert-OH is 2. The number of ether oxygens (including phenoxy) is 1. The SMILES string of the molecule is CCCC(O)CNCC(O)COc1ccc(Cl)cc1Cl. The van der Waals surface area contributed by atoms with Crippen molar-refractivity contribution in [1.29, 1.82) is 0 Å². The topological polar surface area (TPSA) is 61.7 Å². The van der Waals surface area contributed by atoms with E-state index in [2.05, 4.69) is 5.32 Å². The van der Waals surface area contributed by atoms with Crippen molar-refractivity contribution in [3.63, 3.8) is 0 Å². The molecule has 0 aliphatic rings. The molecule has 0 radical (unpaired) electrons. The molecule has 2 atom stereocenters. The Hall–Kier alpha value is -0.520. The van der Waals surface area contributed by atoms with Crippen molar-refractivity contribution in [3.8, 4) is 5.75 Å². The van der Waals surface area contributed by atoms with E-state index in [1.54, 1.807) is 18.2 Å². The smallest absolute Gasteiger partial charge is 0.138 e. The first-order valence-corrected chi connectivity index (χ1v) is 7.43. The van der Waals surface area contributed by atoms with Crippen molar-refractivity contribution >= 4 is 23.2 Å². The molecule has 1 aromatic carbocycles. The Bertz CT molecular complexity index is 404. The van der Waals surface area contributed by atoms with Gasteiger partial charge in [0.25, 0.3) is 0 Å². The van der Waals surface area contributed by atoms with E-state index in [9.17, 15) is 10.2 Å². The molecule has 0 spiro atoms. The molecular weight excluding hydrogens is 301 g/mol. The third-order valence-electron chi connectivity index (χ3n) is 2.71. The normalized spacial score (nSPS) is 14.1. The first kappa shape index (κ1) is 17.5. The van der Waals surface area contributed by atoms with Gasteiger partial charge in [-0.25, -0.2) is 0 Å². The highest BCUT2D eigenvalue weighted by Gasteiger charge is 2.09. The lowest BCUT2D eigenvalue weighted by Crippen LogP contribution is -2.35. The standard InChI is InChI=1S/C14H21Cl2NO3/c1-2-3-11(18)7-17-8-12(19)9-20-14-5-4-10(15)6-13(14)16/h4-6,11-12,17-19H,2-3,7-9H2,1H3. The van der Waals surface area contributed by atoms with Crippen LogP contribution in [0.2, 0.25) is 10.0 Å². The zero-order valence-corrected chi connectivity index (χ0v) is 13.0. The number of hydrogen-bond donors (Lipinski definition) is 3. The van der Waals surface area contributed by atoms with Gasteiger partial charge in [-0.15, -0.1) is 0 Å². The maximum Gasteiger partial charge on any atom is 0.138 e. The van der Waals surface area contributed by atoms with Gasteiger partial charge in [0.2, 0.25) is 0 Å². The zero-order chi connectivity index (χ0) is 15.0. The summed E-state index contributed by atoms with van der Waals surface area (Å²) < 4.78 is 5.42. The van der Waals surface area contributed by atoms with E-state index in [1.165, 1.54) is 0 Å². The quantitative estimate of drug-likeness (QED) is 0.654. The molecule has 0 aliphatic carbocycles. The lowest BCUT2D eigenvalue weighted by molar-refractivity contribution is 0.0985. The maximum absolute atomic E-state index is 9.76. The van der Waals surface area contributed by atoms with Crippen LogP contribution in [0.5, 0.6) is 5.75 Å². The molecular formula is C14H21Cl2NO3. The van der Waals surface area contributed by atoms with Gasteiger partial charge in [0.1, 0.15) is 18.5 Å². The first-order chi connectivity index (χ1) is 9.52. The van der Waals surface area contributed by atoms with Gasteiger partial charge >= 0.3 is 0 Å². The summed E-state index contributed by atoms with van der Waals surface area (Å²) in [5, 5.41) is 23.2. The van der Waals surface area contributed by atoms with Gasteiger partial charge in [0.05, 0.1) is 11.1 Å². The van der Waals surface area contributed by atoms with Crippen LogP contribution in [0.25, 0.3) is 0 Å². The van der Waals surface area contributed by atoms with Crippen LogP contribution in [0, 0.1) is 0 Å². The van der Waals surface area contributed by atoms with Crippen molar-refractivity contribution in [2.24, 2.45) is 0 Å².